The van der Waals surface area contributed by atoms with Crippen LogP contribution < -0.4 is 14.8 Å². The zero-order valence-corrected chi connectivity index (χ0v) is 14.1. The summed E-state index contributed by atoms with van der Waals surface area (Å²) in [6.45, 7) is 0. The normalized spacial score (nSPS) is 19.0. The molecule has 3 aromatic rings. The molecular weight excluding hydrogens is 318 g/mol. The molecule has 2 atom stereocenters. The van der Waals surface area contributed by atoms with E-state index in [4.69, 9.17) is 9.47 Å². The van der Waals surface area contributed by atoms with Gasteiger partial charge in [-0.1, -0.05) is 6.07 Å². The van der Waals surface area contributed by atoms with Crippen LogP contribution in [0.1, 0.15) is 29.6 Å². The molecule has 1 aliphatic heterocycles. The zero-order chi connectivity index (χ0) is 17.2. The molecule has 1 aromatic carbocycles. The predicted molar refractivity (Wildman–Crippen MR) is 92.9 cm³/mol. The molecule has 0 aliphatic carbocycles. The maximum Gasteiger partial charge on any atom is 0.222 e. The number of hydrogen-bond donors (Lipinski definition) is 1. The van der Waals surface area contributed by atoms with Crippen molar-refractivity contribution in [2.45, 2.75) is 18.5 Å². The standard InChI is InChI=1S/C18H19N5O2/c1-24-13-5-6-17(25-2)14(8-13)16-9-15(12-4-3-7-19-10-12)22-18-20-11-21-23(16)18/h3-8,10-11,15-16H,9H2,1-2H3,(H,20,21,22)/t15-,16-/m0/s1. The lowest BCUT2D eigenvalue weighted by atomic mass is 9.93. The molecule has 7 nitrogen and oxygen atoms in total. The third kappa shape index (κ3) is 2.77. The molecule has 0 bridgehead atoms. The Kier molecular flexibility index (Phi) is 3.97. The molecule has 1 N–H and O–H groups in total. The van der Waals surface area contributed by atoms with Crippen molar-refractivity contribution in [1.29, 1.82) is 0 Å². The van der Waals surface area contributed by atoms with Crippen LogP contribution in [0.2, 0.25) is 0 Å². The summed E-state index contributed by atoms with van der Waals surface area (Å²) in [5, 5.41) is 7.84. The van der Waals surface area contributed by atoms with Crippen LogP contribution in [0.15, 0.2) is 49.1 Å². The zero-order valence-electron chi connectivity index (χ0n) is 14.1. The average Bonchev–Trinajstić information content (AvgIpc) is 3.16. The summed E-state index contributed by atoms with van der Waals surface area (Å²) in [5.74, 6) is 2.32. The van der Waals surface area contributed by atoms with Crippen molar-refractivity contribution in [2.24, 2.45) is 0 Å². The second kappa shape index (κ2) is 6.43. The van der Waals surface area contributed by atoms with Gasteiger partial charge in [0.2, 0.25) is 5.95 Å². The SMILES string of the molecule is COc1ccc(OC)c([C@@H]2C[C@@H](c3cccnc3)Nc3ncnn32)c1. The number of hydrogen-bond acceptors (Lipinski definition) is 6. The van der Waals surface area contributed by atoms with E-state index in [2.05, 4.69) is 26.4 Å². The van der Waals surface area contributed by atoms with Gasteiger partial charge in [0.25, 0.3) is 0 Å². The molecule has 0 amide bonds. The van der Waals surface area contributed by atoms with Crippen LogP contribution in [0, 0.1) is 0 Å². The Morgan fingerprint density at radius 1 is 1.20 bits per heavy atom. The molecule has 2 aromatic heterocycles. The number of benzene rings is 1. The topological polar surface area (TPSA) is 74.1 Å². The Morgan fingerprint density at radius 2 is 2.12 bits per heavy atom. The van der Waals surface area contributed by atoms with E-state index in [1.807, 2.05) is 35.1 Å². The number of nitrogens with one attached hydrogen (secondary N) is 1. The minimum Gasteiger partial charge on any atom is -0.497 e. The lowest BCUT2D eigenvalue weighted by Crippen LogP contribution is -2.28. The number of anilines is 1. The molecular formula is C18H19N5O2. The first-order valence-electron chi connectivity index (χ1n) is 8.08. The molecule has 0 fully saturated rings. The molecule has 0 unspecified atom stereocenters. The number of rotatable bonds is 4. The lowest BCUT2D eigenvalue weighted by Gasteiger charge is -2.32. The summed E-state index contributed by atoms with van der Waals surface area (Å²) in [4.78, 5) is 8.59. The molecule has 0 saturated heterocycles. The predicted octanol–water partition coefficient (Wildman–Crippen LogP) is 2.84. The van der Waals surface area contributed by atoms with E-state index in [0.29, 0.717) is 0 Å². The monoisotopic (exact) mass is 337 g/mol. The van der Waals surface area contributed by atoms with Crippen molar-refractivity contribution in [3.63, 3.8) is 0 Å². The van der Waals surface area contributed by atoms with Gasteiger partial charge in [-0.2, -0.15) is 10.1 Å². The third-order valence-electron chi connectivity index (χ3n) is 4.51. The highest BCUT2D eigenvalue weighted by molar-refractivity contribution is 5.45. The van der Waals surface area contributed by atoms with Crippen LogP contribution >= 0.6 is 0 Å². The Bertz CT molecular complexity index is 865. The molecule has 1 aliphatic rings. The first-order chi connectivity index (χ1) is 12.3. The van der Waals surface area contributed by atoms with Crippen molar-refractivity contribution in [1.82, 2.24) is 19.7 Å². The lowest BCUT2D eigenvalue weighted by molar-refractivity contribution is 0.373. The molecule has 0 saturated carbocycles. The van der Waals surface area contributed by atoms with Crippen LogP contribution in [0.5, 0.6) is 11.5 Å². The van der Waals surface area contributed by atoms with Crippen LogP contribution in [0.25, 0.3) is 0 Å². The average molecular weight is 337 g/mol. The fraction of sp³-hybridized carbons (Fsp3) is 0.278. The summed E-state index contributed by atoms with van der Waals surface area (Å²) >= 11 is 0. The quantitative estimate of drug-likeness (QED) is 0.789. The highest BCUT2D eigenvalue weighted by Gasteiger charge is 2.32. The van der Waals surface area contributed by atoms with E-state index in [0.717, 1.165) is 35.0 Å². The molecule has 3 heterocycles. The number of fused-ring (bicyclic) bond motifs is 1. The van der Waals surface area contributed by atoms with Gasteiger partial charge < -0.3 is 14.8 Å². The summed E-state index contributed by atoms with van der Waals surface area (Å²) in [5.41, 5.74) is 2.13. The fourth-order valence-corrected chi connectivity index (χ4v) is 3.28. The second-order valence-corrected chi connectivity index (χ2v) is 5.87. The minimum atomic E-state index is -0.0194. The van der Waals surface area contributed by atoms with Crippen LogP contribution in [0.3, 0.4) is 0 Å². The van der Waals surface area contributed by atoms with E-state index in [1.54, 1.807) is 26.7 Å². The minimum absolute atomic E-state index is 0.0194. The van der Waals surface area contributed by atoms with Crippen molar-refractivity contribution in [3.05, 3.63) is 60.2 Å². The van der Waals surface area contributed by atoms with E-state index in [9.17, 15) is 0 Å². The Balaban J connectivity index is 1.79. The van der Waals surface area contributed by atoms with Crippen molar-refractivity contribution >= 4 is 5.95 Å². The molecule has 0 radical (unpaired) electrons. The van der Waals surface area contributed by atoms with Gasteiger partial charge in [0.1, 0.15) is 17.8 Å². The third-order valence-corrected chi connectivity index (χ3v) is 4.51. The van der Waals surface area contributed by atoms with Gasteiger partial charge >= 0.3 is 0 Å². The molecule has 25 heavy (non-hydrogen) atoms. The molecule has 128 valence electrons. The number of nitrogens with zero attached hydrogens (tertiary/aromatic N) is 4. The fourth-order valence-electron chi connectivity index (χ4n) is 3.28. The van der Waals surface area contributed by atoms with E-state index in [-0.39, 0.29) is 12.1 Å². The first-order valence-corrected chi connectivity index (χ1v) is 8.08. The summed E-state index contributed by atoms with van der Waals surface area (Å²) in [6.07, 6.45) is 6.01. The van der Waals surface area contributed by atoms with Gasteiger partial charge in [-0.25, -0.2) is 4.68 Å². The molecule has 7 heteroatoms. The van der Waals surface area contributed by atoms with Gasteiger partial charge in [-0.05, 0) is 36.2 Å². The second-order valence-electron chi connectivity index (χ2n) is 5.87. The van der Waals surface area contributed by atoms with E-state index < -0.39 is 0 Å². The van der Waals surface area contributed by atoms with Gasteiger partial charge in [0.15, 0.2) is 0 Å². The van der Waals surface area contributed by atoms with Crippen molar-refractivity contribution in [2.75, 3.05) is 19.5 Å². The van der Waals surface area contributed by atoms with Crippen molar-refractivity contribution < 1.29 is 9.47 Å². The van der Waals surface area contributed by atoms with Gasteiger partial charge in [-0.15, -0.1) is 0 Å². The smallest absolute Gasteiger partial charge is 0.222 e. The number of methoxy groups -OCH3 is 2. The van der Waals surface area contributed by atoms with E-state index in [1.165, 1.54) is 0 Å². The van der Waals surface area contributed by atoms with E-state index >= 15 is 0 Å². The Hall–Kier alpha value is -3.09. The molecule has 4 rings (SSSR count). The van der Waals surface area contributed by atoms with Crippen molar-refractivity contribution in [3.8, 4) is 11.5 Å². The first kappa shape index (κ1) is 15.4. The van der Waals surface area contributed by atoms with Crippen LogP contribution in [0.4, 0.5) is 5.95 Å². The van der Waals surface area contributed by atoms with Gasteiger partial charge in [0, 0.05) is 18.0 Å². The van der Waals surface area contributed by atoms with Gasteiger partial charge in [-0.3, -0.25) is 4.98 Å². The molecule has 0 spiro atoms. The highest BCUT2D eigenvalue weighted by atomic mass is 16.5. The maximum absolute atomic E-state index is 5.58. The summed E-state index contributed by atoms with van der Waals surface area (Å²) in [6, 6.07) is 9.89. The van der Waals surface area contributed by atoms with Crippen LogP contribution in [-0.4, -0.2) is 34.0 Å². The van der Waals surface area contributed by atoms with Crippen LogP contribution in [-0.2, 0) is 0 Å². The Labute approximate surface area is 145 Å². The number of pyridine rings is 1. The Morgan fingerprint density at radius 3 is 2.88 bits per heavy atom. The maximum atomic E-state index is 5.58. The summed E-state index contributed by atoms with van der Waals surface area (Å²) in [7, 11) is 3.33. The number of ether oxygens (including phenoxy) is 2. The van der Waals surface area contributed by atoms with Gasteiger partial charge in [0.05, 0.1) is 26.3 Å². The largest absolute Gasteiger partial charge is 0.497 e. The highest BCUT2D eigenvalue weighted by Crippen LogP contribution is 2.41. The summed E-state index contributed by atoms with van der Waals surface area (Å²) < 4.78 is 12.9. The number of aromatic nitrogens is 4.